The highest BCUT2D eigenvalue weighted by Crippen LogP contribution is 2.38. The van der Waals surface area contributed by atoms with E-state index < -0.39 is 134 Å². The molecule has 0 aliphatic heterocycles. The van der Waals surface area contributed by atoms with Crippen LogP contribution in [0.5, 0.6) is 0 Å². The Bertz CT molecular complexity index is 2490. The topological polar surface area (TPSA) is 220 Å². The highest BCUT2D eigenvalue weighted by Gasteiger charge is 2.30. The molecule has 0 amide bonds. The van der Waals surface area contributed by atoms with Crippen LogP contribution in [-0.4, -0.2) is 29.9 Å². The second-order valence-electron chi connectivity index (χ2n) is 9.66. The fraction of sp³-hybridized carbons (Fsp3) is 0. The summed E-state index contributed by atoms with van der Waals surface area (Å²) in [6, 6.07) is 8.49. The summed E-state index contributed by atoms with van der Waals surface area (Å²) in [5.41, 5.74) is -13.2. The molecule has 3 aromatic heterocycles. The third kappa shape index (κ3) is 3.43. The van der Waals surface area contributed by atoms with Crippen LogP contribution in [-0.2, 0) is 0 Å². The van der Waals surface area contributed by atoms with Crippen LogP contribution in [0.3, 0.4) is 0 Å². The summed E-state index contributed by atoms with van der Waals surface area (Å²) >= 11 is 0. The minimum absolute atomic E-state index is 0.506. The van der Waals surface area contributed by atoms with Gasteiger partial charge in [0, 0.05) is 0 Å². The minimum Gasteiger partial charge on any atom is -0.240 e. The number of halogens is 6. The fourth-order valence-electron chi connectivity index (χ4n) is 5.24. The molecule has 7 rings (SSSR count). The molecule has 0 atom stereocenters. The normalized spacial score (nSPS) is 11.0. The van der Waals surface area contributed by atoms with Gasteiger partial charge in [-0.15, -0.1) is 0 Å². The number of nitriles is 6. The molecule has 0 spiro atoms. The quantitative estimate of drug-likeness (QED) is 0.121. The van der Waals surface area contributed by atoms with Crippen molar-refractivity contribution in [3.63, 3.8) is 0 Å². The van der Waals surface area contributed by atoms with Gasteiger partial charge in [0.2, 0.25) is 0 Å². The fourth-order valence-corrected chi connectivity index (χ4v) is 5.24. The molecule has 0 bridgehead atoms. The van der Waals surface area contributed by atoms with E-state index in [2.05, 4.69) is 29.9 Å². The maximum atomic E-state index is 14.9. The Kier molecular flexibility index (Phi) is 5.94. The number of hydrogen-bond donors (Lipinski definition) is 0. The summed E-state index contributed by atoms with van der Waals surface area (Å²) < 4.78 is 89.3. The van der Waals surface area contributed by atoms with Crippen molar-refractivity contribution < 1.29 is 26.3 Å². The van der Waals surface area contributed by atoms with Gasteiger partial charge in [0.1, 0.15) is 136 Å². The second kappa shape index (κ2) is 9.85. The van der Waals surface area contributed by atoms with Gasteiger partial charge in [-0.25, -0.2) is 56.2 Å². The molecule has 12 nitrogen and oxygen atoms in total. The first-order valence-corrected chi connectivity index (χ1v) is 12.7. The maximum absolute atomic E-state index is 14.9. The lowest BCUT2D eigenvalue weighted by Crippen LogP contribution is -2.07. The van der Waals surface area contributed by atoms with E-state index in [1.165, 1.54) is 36.4 Å². The SMILES string of the molecule is N#Cc1c(F)c(F)c(C#N)c2nc3c(nc12)c1nc2c(C#N)c(F)c(F)c(C#N)c2nc1c1nc2c(C#N)c(F)c(F)c(C#N)c2nc31. The van der Waals surface area contributed by atoms with E-state index >= 15 is 0 Å². The third-order valence-corrected chi connectivity index (χ3v) is 7.35. The molecule has 0 saturated heterocycles. The third-order valence-electron chi connectivity index (χ3n) is 7.35. The Morgan fingerprint density at radius 1 is 0.250 bits per heavy atom. The number of nitrogens with zero attached hydrogens (tertiary/aromatic N) is 12. The number of fused-ring (bicyclic) bond motifs is 9. The van der Waals surface area contributed by atoms with E-state index in [0.717, 1.165) is 0 Å². The van der Waals surface area contributed by atoms with Crippen LogP contribution in [0, 0.1) is 103 Å². The monoisotopic (exact) mass is 642 g/mol. The molecule has 3 heterocycles. The first-order valence-electron chi connectivity index (χ1n) is 12.7. The van der Waals surface area contributed by atoms with E-state index in [9.17, 15) is 57.9 Å². The molecule has 0 aliphatic carbocycles. The lowest BCUT2D eigenvalue weighted by Gasteiger charge is -2.13. The summed E-state index contributed by atoms with van der Waals surface area (Å²) in [6.07, 6.45) is 0. The average molecular weight is 642 g/mol. The Balaban J connectivity index is 1.90. The summed E-state index contributed by atoms with van der Waals surface area (Å²) in [5, 5.41) is 57.8. The predicted octanol–water partition coefficient (Wildman–Crippen LogP) is 5.04. The molecule has 4 aromatic carbocycles. The van der Waals surface area contributed by atoms with Gasteiger partial charge < -0.3 is 0 Å². The van der Waals surface area contributed by atoms with Crippen molar-refractivity contribution >= 4 is 66.2 Å². The summed E-state index contributed by atoms with van der Waals surface area (Å²) in [5.74, 6) is -10.6. The zero-order chi connectivity index (χ0) is 34.3. The van der Waals surface area contributed by atoms with Crippen LogP contribution in [0.2, 0.25) is 0 Å². The van der Waals surface area contributed by atoms with E-state index in [1.54, 1.807) is 0 Å². The van der Waals surface area contributed by atoms with Gasteiger partial charge in [0.15, 0.2) is 34.9 Å². The van der Waals surface area contributed by atoms with Crippen LogP contribution < -0.4 is 0 Å². The molecule has 0 aliphatic rings. The van der Waals surface area contributed by atoms with Crippen molar-refractivity contribution in [3.8, 4) is 36.4 Å². The van der Waals surface area contributed by atoms with E-state index in [0.29, 0.717) is 0 Å². The zero-order valence-electron chi connectivity index (χ0n) is 22.6. The van der Waals surface area contributed by atoms with Gasteiger partial charge >= 0.3 is 0 Å². The van der Waals surface area contributed by atoms with Gasteiger partial charge in [0.05, 0.1) is 0 Å². The molecule has 7 aromatic rings. The molecular formula is C30F6N12. The lowest BCUT2D eigenvalue weighted by molar-refractivity contribution is 0.506. The summed E-state index contributed by atoms with van der Waals surface area (Å²) in [4.78, 5) is 25.1. The molecule has 0 N–H and O–H groups in total. The summed E-state index contributed by atoms with van der Waals surface area (Å²) in [6.45, 7) is 0. The molecule has 0 fully saturated rings. The highest BCUT2D eigenvalue weighted by atomic mass is 19.2. The van der Waals surface area contributed by atoms with E-state index in [1.807, 2.05) is 0 Å². The van der Waals surface area contributed by atoms with Crippen molar-refractivity contribution in [2.45, 2.75) is 0 Å². The van der Waals surface area contributed by atoms with Gasteiger partial charge in [0.25, 0.3) is 0 Å². The maximum Gasteiger partial charge on any atom is 0.180 e. The summed E-state index contributed by atoms with van der Waals surface area (Å²) in [7, 11) is 0. The van der Waals surface area contributed by atoms with Gasteiger partial charge in [-0.3, -0.25) is 0 Å². The predicted molar refractivity (Wildman–Crippen MR) is 146 cm³/mol. The lowest BCUT2D eigenvalue weighted by atomic mass is 10.0. The van der Waals surface area contributed by atoms with Crippen LogP contribution in [0.25, 0.3) is 66.2 Å². The van der Waals surface area contributed by atoms with Gasteiger partial charge in [-0.05, 0) is 0 Å². The van der Waals surface area contributed by atoms with Crippen molar-refractivity contribution in [1.82, 2.24) is 29.9 Å². The molecule has 0 unspecified atom stereocenters. The van der Waals surface area contributed by atoms with Crippen molar-refractivity contribution in [2.75, 3.05) is 0 Å². The smallest absolute Gasteiger partial charge is 0.180 e. The number of benzene rings is 4. The minimum atomic E-state index is -1.76. The van der Waals surface area contributed by atoms with Crippen molar-refractivity contribution in [3.05, 3.63) is 68.3 Å². The van der Waals surface area contributed by atoms with Gasteiger partial charge in [-0.1, -0.05) is 0 Å². The Hall–Kier alpha value is -7.80. The average Bonchev–Trinajstić information content (AvgIpc) is 3.09. The van der Waals surface area contributed by atoms with Crippen LogP contribution >= 0.6 is 0 Å². The largest absolute Gasteiger partial charge is 0.240 e. The Morgan fingerprint density at radius 2 is 0.375 bits per heavy atom. The number of hydrogen-bond acceptors (Lipinski definition) is 12. The first-order chi connectivity index (χ1) is 23.1. The van der Waals surface area contributed by atoms with Crippen molar-refractivity contribution in [2.24, 2.45) is 0 Å². The Morgan fingerprint density at radius 3 is 0.479 bits per heavy atom. The van der Waals surface area contributed by atoms with Crippen LogP contribution in [0.15, 0.2) is 0 Å². The molecule has 222 valence electrons. The van der Waals surface area contributed by atoms with Gasteiger partial charge in [-0.2, -0.15) is 31.6 Å². The molecule has 0 radical (unpaired) electrons. The molecule has 48 heavy (non-hydrogen) atoms. The molecule has 18 heteroatoms. The molecule has 0 saturated carbocycles. The molecular weight excluding hydrogens is 642 g/mol. The second-order valence-corrected chi connectivity index (χ2v) is 9.66. The van der Waals surface area contributed by atoms with Crippen LogP contribution in [0.1, 0.15) is 33.4 Å². The zero-order valence-corrected chi connectivity index (χ0v) is 22.6. The highest BCUT2D eigenvalue weighted by molar-refractivity contribution is 6.21. The van der Waals surface area contributed by atoms with E-state index in [4.69, 9.17) is 0 Å². The van der Waals surface area contributed by atoms with Crippen LogP contribution in [0.4, 0.5) is 26.3 Å². The Labute approximate surface area is 258 Å². The standard InChI is InChI=1S/C30F6N12/c31-13-7(1-37)19-20(8(2-38)14(13)32)44-26-25(43-19)27-29(47-22-10(4-40)16(34)15(33)9(3-39)21(22)45-27)30-28(26)46-23-11(5-41)17(35)18(36)12(6-42)24(23)48-30. The first kappa shape index (κ1) is 28.9. The number of rotatable bonds is 0. The van der Waals surface area contributed by atoms with E-state index in [-0.39, 0.29) is 0 Å². The van der Waals surface area contributed by atoms with Crippen molar-refractivity contribution in [1.29, 1.82) is 31.6 Å². The number of aromatic nitrogens is 6.